The van der Waals surface area contributed by atoms with E-state index in [1.165, 1.54) is 17.5 Å². The van der Waals surface area contributed by atoms with E-state index in [9.17, 15) is 4.79 Å². The fraction of sp³-hybridized carbons (Fsp3) is 0.611. The average molecular weight is 285 g/mol. The summed E-state index contributed by atoms with van der Waals surface area (Å²) < 4.78 is 5.39. The second-order valence-corrected chi connectivity index (χ2v) is 7.20. The molecule has 0 radical (unpaired) electrons. The summed E-state index contributed by atoms with van der Waals surface area (Å²) in [5.41, 5.74) is 2.62. The van der Waals surface area contributed by atoms with Crippen molar-refractivity contribution in [2.45, 2.75) is 44.6 Å². The van der Waals surface area contributed by atoms with E-state index in [0.29, 0.717) is 24.2 Å². The molecule has 1 aromatic carbocycles. The van der Waals surface area contributed by atoms with Gasteiger partial charge in [0.1, 0.15) is 5.75 Å². The van der Waals surface area contributed by atoms with Crippen LogP contribution in [0.25, 0.3) is 0 Å². The molecule has 4 atom stereocenters. The maximum Gasteiger partial charge on any atom is 0.220 e. The zero-order valence-electron chi connectivity index (χ0n) is 12.8. The van der Waals surface area contributed by atoms with Gasteiger partial charge in [0, 0.05) is 6.42 Å². The van der Waals surface area contributed by atoms with Crippen LogP contribution in [-0.2, 0) is 16.8 Å². The Morgan fingerprint density at radius 1 is 1.38 bits per heavy atom. The molecule has 3 heteroatoms. The molecule has 4 rings (SSSR count). The largest absolute Gasteiger partial charge is 0.497 e. The lowest BCUT2D eigenvalue weighted by molar-refractivity contribution is -0.131. The first-order valence-corrected chi connectivity index (χ1v) is 8.11. The molecule has 112 valence electrons. The van der Waals surface area contributed by atoms with Crippen molar-refractivity contribution in [3.05, 3.63) is 29.3 Å². The molecular formula is C18H23NO2. The summed E-state index contributed by atoms with van der Waals surface area (Å²) in [6, 6.07) is 6.42. The molecular weight excluding hydrogens is 262 g/mol. The molecule has 1 N–H and O–H groups in total. The highest BCUT2D eigenvalue weighted by Gasteiger charge is 2.54. The number of piperidine rings is 1. The maximum atomic E-state index is 12.1. The molecule has 0 spiro atoms. The molecule has 2 fully saturated rings. The zero-order valence-corrected chi connectivity index (χ0v) is 12.8. The fourth-order valence-corrected chi connectivity index (χ4v) is 5.28. The molecule has 2 aliphatic carbocycles. The van der Waals surface area contributed by atoms with Crippen LogP contribution in [0.2, 0.25) is 0 Å². The van der Waals surface area contributed by atoms with Crippen LogP contribution in [0.5, 0.6) is 5.75 Å². The minimum Gasteiger partial charge on any atom is -0.497 e. The Morgan fingerprint density at radius 2 is 2.24 bits per heavy atom. The van der Waals surface area contributed by atoms with Crippen molar-refractivity contribution in [3.8, 4) is 5.75 Å². The van der Waals surface area contributed by atoms with Gasteiger partial charge in [0.05, 0.1) is 12.6 Å². The number of ether oxygens (including phenoxy) is 1. The van der Waals surface area contributed by atoms with Gasteiger partial charge in [-0.15, -0.1) is 0 Å². The lowest BCUT2D eigenvalue weighted by Crippen LogP contribution is -2.62. The van der Waals surface area contributed by atoms with Crippen molar-refractivity contribution in [2.24, 2.45) is 17.8 Å². The van der Waals surface area contributed by atoms with Crippen LogP contribution in [-0.4, -0.2) is 13.0 Å². The summed E-state index contributed by atoms with van der Waals surface area (Å²) in [6.45, 7) is 2.33. The van der Waals surface area contributed by atoms with Crippen LogP contribution < -0.4 is 10.1 Å². The van der Waals surface area contributed by atoms with Gasteiger partial charge in [-0.2, -0.15) is 0 Å². The average Bonchev–Trinajstić information content (AvgIpc) is 2.45. The third-order valence-electron chi connectivity index (χ3n) is 5.90. The molecule has 2 bridgehead atoms. The molecule has 1 amide bonds. The Labute approximate surface area is 126 Å². The van der Waals surface area contributed by atoms with Crippen molar-refractivity contribution in [3.63, 3.8) is 0 Å². The molecule has 3 aliphatic rings. The van der Waals surface area contributed by atoms with Gasteiger partial charge in [-0.3, -0.25) is 4.79 Å². The molecule has 21 heavy (non-hydrogen) atoms. The summed E-state index contributed by atoms with van der Waals surface area (Å²) in [6.07, 6.45) is 5.26. The highest BCUT2D eigenvalue weighted by Crippen LogP contribution is 2.55. The summed E-state index contributed by atoms with van der Waals surface area (Å²) in [5.74, 6) is 3.15. The third-order valence-corrected chi connectivity index (χ3v) is 5.90. The van der Waals surface area contributed by atoms with Crippen LogP contribution in [0.3, 0.4) is 0 Å². The monoisotopic (exact) mass is 285 g/mol. The number of benzene rings is 1. The van der Waals surface area contributed by atoms with E-state index < -0.39 is 0 Å². The van der Waals surface area contributed by atoms with Gasteiger partial charge in [0.25, 0.3) is 0 Å². The molecule has 1 heterocycles. The number of carbonyl (C=O) groups excluding carboxylic acids is 1. The summed E-state index contributed by atoms with van der Waals surface area (Å²) >= 11 is 0. The number of fused-ring (bicyclic) bond motifs is 1. The van der Waals surface area contributed by atoms with Crippen LogP contribution >= 0.6 is 0 Å². The van der Waals surface area contributed by atoms with Crippen LogP contribution in [0.15, 0.2) is 18.2 Å². The maximum absolute atomic E-state index is 12.1. The van der Waals surface area contributed by atoms with E-state index in [4.69, 9.17) is 4.74 Å². The SMILES string of the molecule is COc1ccc2c(c1)C[C@H]1C[C@@H](C)C[C@@]23NC(=O)CC[C@H]13. The molecule has 1 saturated heterocycles. The normalized spacial score (nSPS) is 37.2. The number of rotatable bonds is 1. The van der Waals surface area contributed by atoms with Crippen molar-refractivity contribution >= 4 is 5.91 Å². The number of carbonyl (C=O) groups is 1. The molecule has 0 aromatic heterocycles. The number of nitrogens with one attached hydrogen (secondary N) is 1. The van der Waals surface area contributed by atoms with Crippen LogP contribution in [0, 0.1) is 17.8 Å². The van der Waals surface area contributed by atoms with Gasteiger partial charge < -0.3 is 10.1 Å². The second-order valence-electron chi connectivity index (χ2n) is 7.20. The van der Waals surface area contributed by atoms with Crippen molar-refractivity contribution < 1.29 is 9.53 Å². The predicted octanol–water partition coefficient (Wildman–Crippen LogP) is 3.02. The Hall–Kier alpha value is -1.51. The van der Waals surface area contributed by atoms with E-state index in [1.54, 1.807) is 7.11 Å². The highest BCUT2D eigenvalue weighted by molar-refractivity contribution is 5.78. The summed E-state index contributed by atoms with van der Waals surface area (Å²) in [5, 5.41) is 3.41. The van der Waals surface area contributed by atoms with Crippen molar-refractivity contribution in [1.29, 1.82) is 0 Å². The summed E-state index contributed by atoms with van der Waals surface area (Å²) in [7, 11) is 1.72. The zero-order chi connectivity index (χ0) is 14.6. The van der Waals surface area contributed by atoms with Gasteiger partial charge in [-0.1, -0.05) is 13.0 Å². The van der Waals surface area contributed by atoms with Gasteiger partial charge in [-0.05, 0) is 66.7 Å². The Kier molecular flexibility index (Phi) is 2.82. The quantitative estimate of drug-likeness (QED) is 0.861. The first kappa shape index (κ1) is 13.2. The molecule has 1 aromatic rings. The lowest BCUT2D eigenvalue weighted by atomic mass is 9.53. The smallest absolute Gasteiger partial charge is 0.220 e. The van der Waals surface area contributed by atoms with Crippen LogP contribution in [0.4, 0.5) is 0 Å². The Bertz CT molecular complexity index is 597. The third kappa shape index (κ3) is 1.82. The van der Waals surface area contributed by atoms with Gasteiger partial charge in [0.2, 0.25) is 5.91 Å². The van der Waals surface area contributed by atoms with Crippen LogP contribution in [0.1, 0.15) is 43.7 Å². The number of methoxy groups -OCH3 is 1. The number of hydrogen-bond donors (Lipinski definition) is 1. The Balaban J connectivity index is 1.88. The second kappa shape index (κ2) is 4.49. The van der Waals surface area contributed by atoms with E-state index in [2.05, 4.69) is 24.4 Å². The first-order valence-electron chi connectivity index (χ1n) is 8.11. The number of amides is 1. The van der Waals surface area contributed by atoms with Crippen molar-refractivity contribution in [2.75, 3.05) is 7.11 Å². The number of hydrogen-bond acceptors (Lipinski definition) is 2. The van der Waals surface area contributed by atoms with Crippen molar-refractivity contribution in [1.82, 2.24) is 5.32 Å². The van der Waals surface area contributed by atoms with E-state index in [1.807, 2.05) is 6.07 Å². The minimum atomic E-state index is -0.114. The molecule has 1 aliphatic heterocycles. The minimum absolute atomic E-state index is 0.114. The Morgan fingerprint density at radius 3 is 3.05 bits per heavy atom. The molecule has 3 nitrogen and oxygen atoms in total. The topological polar surface area (TPSA) is 38.3 Å². The first-order chi connectivity index (χ1) is 10.1. The molecule has 0 unspecified atom stereocenters. The van der Waals surface area contributed by atoms with Gasteiger partial charge in [-0.25, -0.2) is 0 Å². The fourth-order valence-electron chi connectivity index (χ4n) is 5.28. The highest BCUT2D eigenvalue weighted by atomic mass is 16.5. The van der Waals surface area contributed by atoms with E-state index >= 15 is 0 Å². The van der Waals surface area contributed by atoms with E-state index in [0.717, 1.165) is 25.0 Å². The lowest BCUT2D eigenvalue weighted by Gasteiger charge is -2.57. The van der Waals surface area contributed by atoms with Gasteiger partial charge >= 0.3 is 0 Å². The standard InChI is InChI=1S/C18H23NO2/c1-11-7-12-8-13-9-14(21-2)3-4-15(13)18(10-11)16(12)5-6-17(20)19-18/h3-4,9,11-12,16H,5-8,10H2,1-2H3,(H,19,20)/t11-,12-,16-,18-/m1/s1. The summed E-state index contributed by atoms with van der Waals surface area (Å²) in [4.78, 5) is 12.1. The van der Waals surface area contributed by atoms with Gasteiger partial charge in [0.15, 0.2) is 0 Å². The molecule has 1 saturated carbocycles. The predicted molar refractivity (Wildman–Crippen MR) is 81.1 cm³/mol. The van der Waals surface area contributed by atoms with E-state index in [-0.39, 0.29) is 11.4 Å².